The van der Waals surface area contributed by atoms with E-state index in [1.807, 2.05) is 11.6 Å². The van der Waals surface area contributed by atoms with Crippen LogP contribution in [0.2, 0.25) is 0 Å². The van der Waals surface area contributed by atoms with Gasteiger partial charge in [0.15, 0.2) is 5.16 Å². The van der Waals surface area contributed by atoms with E-state index in [-0.39, 0.29) is 6.61 Å². The van der Waals surface area contributed by atoms with E-state index >= 15 is 0 Å². The summed E-state index contributed by atoms with van der Waals surface area (Å²) in [6, 6.07) is 0. The summed E-state index contributed by atoms with van der Waals surface area (Å²) in [6.45, 7) is 0.0723. The van der Waals surface area contributed by atoms with Gasteiger partial charge < -0.3 is 15.4 Å². The molecule has 0 aliphatic heterocycles. The summed E-state index contributed by atoms with van der Waals surface area (Å²) >= 11 is 1.71. The molecule has 1 aliphatic carbocycles. The molecular weight excluding hydrogens is 224 g/mol. The first-order valence-electron chi connectivity index (χ1n) is 5.53. The topological polar surface area (TPSA) is 77.0 Å². The maximum atomic E-state index is 9.28. The largest absolute Gasteiger partial charge is 0.394 e. The third-order valence-corrected chi connectivity index (χ3v) is 4.41. The standard InChI is InChI=1S/C10H18N4OS/c1-14-7-12-13-9(14)16-8-3-2-4-10(11,5-8)6-15/h7-8,15H,2-6,11H2,1H3. The zero-order chi connectivity index (χ0) is 11.6. The summed E-state index contributed by atoms with van der Waals surface area (Å²) in [4.78, 5) is 0. The molecule has 0 spiro atoms. The van der Waals surface area contributed by atoms with Crippen LogP contribution in [0.25, 0.3) is 0 Å². The van der Waals surface area contributed by atoms with Crippen LogP contribution >= 0.6 is 11.8 Å². The van der Waals surface area contributed by atoms with E-state index in [9.17, 15) is 5.11 Å². The summed E-state index contributed by atoms with van der Waals surface area (Å²) in [6.07, 6.45) is 5.68. The highest BCUT2D eigenvalue weighted by molar-refractivity contribution is 7.99. The molecule has 1 saturated carbocycles. The highest BCUT2D eigenvalue weighted by atomic mass is 32.2. The number of nitrogens with two attached hydrogens (primary N) is 1. The predicted molar refractivity (Wildman–Crippen MR) is 63.1 cm³/mol. The van der Waals surface area contributed by atoms with Gasteiger partial charge in [0.2, 0.25) is 0 Å². The zero-order valence-corrected chi connectivity index (χ0v) is 10.3. The second-order valence-electron chi connectivity index (χ2n) is 4.58. The highest BCUT2D eigenvalue weighted by Gasteiger charge is 2.33. The predicted octanol–water partition coefficient (Wildman–Crippen LogP) is 0.540. The summed E-state index contributed by atoms with van der Waals surface area (Å²) < 4.78 is 1.91. The van der Waals surface area contributed by atoms with Crippen molar-refractivity contribution in [3.63, 3.8) is 0 Å². The van der Waals surface area contributed by atoms with Crippen molar-refractivity contribution in [3.8, 4) is 0 Å². The quantitative estimate of drug-likeness (QED) is 0.809. The van der Waals surface area contributed by atoms with E-state index in [0.717, 1.165) is 30.8 Å². The van der Waals surface area contributed by atoms with Gasteiger partial charge >= 0.3 is 0 Å². The van der Waals surface area contributed by atoms with Crippen LogP contribution in [0.4, 0.5) is 0 Å². The van der Waals surface area contributed by atoms with E-state index in [1.54, 1.807) is 18.1 Å². The number of hydrogen-bond donors (Lipinski definition) is 2. The lowest BCUT2D eigenvalue weighted by Crippen LogP contribution is -2.48. The maximum absolute atomic E-state index is 9.28. The Kier molecular flexibility index (Phi) is 3.51. The summed E-state index contributed by atoms with van der Waals surface area (Å²) in [5.74, 6) is 0. The molecule has 0 aromatic carbocycles. The molecule has 2 rings (SSSR count). The molecule has 0 amide bonds. The average Bonchev–Trinajstić information content (AvgIpc) is 2.65. The molecule has 16 heavy (non-hydrogen) atoms. The molecule has 1 heterocycles. The van der Waals surface area contributed by atoms with Crippen molar-refractivity contribution in [3.05, 3.63) is 6.33 Å². The van der Waals surface area contributed by atoms with Gasteiger partial charge in [-0.15, -0.1) is 10.2 Å². The van der Waals surface area contributed by atoms with Crippen LogP contribution in [-0.4, -0.2) is 37.3 Å². The zero-order valence-electron chi connectivity index (χ0n) is 9.46. The second kappa shape index (κ2) is 4.73. The van der Waals surface area contributed by atoms with Crippen molar-refractivity contribution in [1.29, 1.82) is 0 Å². The van der Waals surface area contributed by atoms with Crippen molar-refractivity contribution in [2.45, 2.75) is 41.6 Å². The molecule has 0 saturated heterocycles. The average molecular weight is 242 g/mol. The van der Waals surface area contributed by atoms with Gasteiger partial charge in [0.1, 0.15) is 6.33 Å². The molecule has 2 atom stereocenters. The first-order valence-corrected chi connectivity index (χ1v) is 6.41. The fraction of sp³-hybridized carbons (Fsp3) is 0.800. The Morgan fingerprint density at radius 2 is 2.56 bits per heavy atom. The Labute approximate surface area is 99.4 Å². The van der Waals surface area contributed by atoms with Crippen LogP contribution in [0.5, 0.6) is 0 Å². The van der Waals surface area contributed by atoms with E-state index in [0.29, 0.717) is 5.25 Å². The Balaban J connectivity index is 1.98. The molecule has 0 bridgehead atoms. The molecule has 1 fully saturated rings. The Morgan fingerprint density at radius 1 is 1.75 bits per heavy atom. The van der Waals surface area contributed by atoms with Gasteiger partial charge in [-0.1, -0.05) is 18.2 Å². The van der Waals surface area contributed by atoms with Gasteiger partial charge in [0.05, 0.1) is 6.61 Å². The van der Waals surface area contributed by atoms with Crippen LogP contribution in [0, 0.1) is 0 Å². The number of thioether (sulfide) groups is 1. The van der Waals surface area contributed by atoms with Crippen molar-refractivity contribution in [2.24, 2.45) is 12.8 Å². The van der Waals surface area contributed by atoms with E-state index in [2.05, 4.69) is 10.2 Å². The maximum Gasteiger partial charge on any atom is 0.191 e. The van der Waals surface area contributed by atoms with Crippen molar-refractivity contribution >= 4 is 11.8 Å². The van der Waals surface area contributed by atoms with Crippen molar-refractivity contribution in [2.75, 3.05) is 6.61 Å². The first kappa shape index (κ1) is 11.9. The third kappa shape index (κ3) is 2.56. The van der Waals surface area contributed by atoms with Gasteiger partial charge in [0.25, 0.3) is 0 Å². The van der Waals surface area contributed by atoms with Crippen LogP contribution in [0.15, 0.2) is 11.5 Å². The molecule has 3 N–H and O–H groups in total. The first-order chi connectivity index (χ1) is 7.63. The van der Waals surface area contributed by atoms with Gasteiger partial charge in [-0.25, -0.2) is 0 Å². The molecule has 5 nitrogen and oxygen atoms in total. The minimum Gasteiger partial charge on any atom is -0.394 e. The van der Waals surface area contributed by atoms with Crippen LogP contribution in [-0.2, 0) is 7.05 Å². The third-order valence-electron chi connectivity index (χ3n) is 3.09. The fourth-order valence-electron chi connectivity index (χ4n) is 2.11. The minimum absolute atomic E-state index is 0.0723. The lowest BCUT2D eigenvalue weighted by Gasteiger charge is -2.35. The number of aryl methyl sites for hydroxylation is 1. The molecule has 6 heteroatoms. The fourth-order valence-corrected chi connectivity index (χ4v) is 3.42. The number of aliphatic hydroxyl groups excluding tert-OH is 1. The molecule has 1 aromatic heterocycles. The highest BCUT2D eigenvalue weighted by Crippen LogP contribution is 2.36. The van der Waals surface area contributed by atoms with Gasteiger partial charge in [0, 0.05) is 17.8 Å². The Morgan fingerprint density at radius 3 is 3.19 bits per heavy atom. The van der Waals surface area contributed by atoms with Gasteiger partial charge in [-0.3, -0.25) is 0 Å². The molecule has 0 radical (unpaired) electrons. The van der Waals surface area contributed by atoms with E-state index in [4.69, 9.17) is 5.73 Å². The van der Waals surface area contributed by atoms with Crippen molar-refractivity contribution < 1.29 is 5.11 Å². The smallest absolute Gasteiger partial charge is 0.191 e. The number of hydrogen-bond acceptors (Lipinski definition) is 5. The monoisotopic (exact) mass is 242 g/mol. The summed E-state index contributed by atoms with van der Waals surface area (Å²) in [7, 11) is 1.94. The van der Waals surface area contributed by atoms with Crippen LogP contribution < -0.4 is 5.73 Å². The number of aliphatic hydroxyl groups is 1. The molecule has 2 unspecified atom stereocenters. The van der Waals surface area contributed by atoms with Gasteiger partial charge in [-0.2, -0.15) is 0 Å². The molecule has 90 valence electrons. The summed E-state index contributed by atoms with van der Waals surface area (Å²) in [5, 5.41) is 18.6. The lowest BCUT2D eigenvalue weighted by atomic mass is 9.83. The normalized spacial score (nSPS) is 30.6. The number of aromatic nitrogens is 3. The number of nitrogens with zero attached hydrogens (tertiary/aromatic N) is 3. The van der Waals surface area contributed by atoms with Crippen LogP contribution in [0.3, 0.4) is 0 Å². The van der Waals surface area contributed by atoms with Crippen molar-refractivity contribution in [1.82, 2.24) is 14.8 Å². The SMILES string of the molecule is Cn1cnnc1SC1CCCC(N)(CO)C1. The molecular formula is C10H18N4OS. The second-order valence-corrected chi connectivity index (χ2v) is 5.85. The Bertz CT molecular complexity index is 356. The van der Waals surface area contributed by atoms with E-state index < -0.39 is 5.54 Å². The molecule has 1 aromatic rings. The van der Waals surface area contributed by atoms with E-state index in [1.165, 1.54) is 0 Å². The van der Waals surface area contributed by atoms with Gasteiger partial charge in [-0.05, 0) is 19.3 Å². The summed E-state index contributed by atoms with van der Waals surface area (Å²) in [5.41, 5.74) is 5.72. The number of rotatable bonds is 3. The Hall–Kier alpha value is -0.590. The van der Waals surface area contributed by atoms with Crippen LogP contribution in [0.1, 0.15) is 25.7 Å². The minimum atomic E-state index is -0.394. The molecule has 1 aliphatic rings. The lowest BCUT2D eigenvalue weighted by molar-refractivity contribution is 0.159.